The van der Waals surface area contributed by atoms with Crippen LogP contribution in [0.5, 0.6) is 11.5 Å². The Kier molecular flexibility index (Phi) is 7.97. The number of carboxylic acid groups (broad SMARTS) is 1. The van der Waals surface area contributed by atoms with E-state index in [-0.39, 0.29) is 11.6 Å². The van der Waals surface area contributed by atoms with Crippen molar-refractivity contribution in [3.8, 4) is 23.1 Å². The van der Waals surface area contributed by atoms with Crippen LogP contribution in [0.25, 0.3) is 33.5 Å². The van der Waals surface area contributed by atoms with Crippen LogP contribution in [0.2, 0.25) is 5.02 Å². The Morgan fingerprint density at radius 2 is 1.98 bits per heavy atom. The highest BCUT2D eigenvalue weighted by Crippen LogP contribution is 2.43. The quantitative estimate of drug-likeness (QED) is 0.173. The van der Waals surface area contributed by atoms with E-state index >= 15 is 0 Å². The van der Waals surface area contributed by atoms with E-state index in [0.717, 1.165) is 5.39 Å². The van der Waals surface area contributed by atoms with Gasteiger partial charge in [0.05, 0.1) is 28.2 Å². The molecule has 0 bridgehead atoms. The van der Waals surface area contributed by atoms with Gasteiger partial charge in [0.2, 0.25) is 5.82 Å². The zero-order valence-corrected chi connectivity index (χ0v) is 24.9. The number of hydrogen-bond acceptors (Lipinski definition) is 7. The van der Waals surface area contributed by atoms with Crippen molar-refractivity contribution >= 4 is 77.5 Å². The summed E-state index contributed by atoms with van der Waals surface area (Å²) in [5.41, 5.74) is 1.19. The summed E-state index contributed by atoms with van der Waals surface area (Å²) in [5.74, 6) is -0.0845. The Bertz CT molecular complexity index is 1870. The summed E-state index contributed by atoms with van der Waals surface area (Å²) in [4.78, 5) is 29.7. The molecular formula is C28H20Br2ClN3O6. The fourth-order valence-electron chi connectivity index (χ4n) is 3.93. The lowest BCUT2D eigenvalue weighted by molar-refractivity contribution is -0.144. The molecule has 2 aromatic heterocycles. The molecule has 0 aliphatic carbocycles. The van der Waals surface area contributed by atoms with Crippen LogP contribution in [-0.4, -0.2) is 39.7 Å². The summed E-state index contributed by atoms with van der Waals surface area (Å²) >= 11 is 13.1. The third kappa shape index (κ3) is 5.36. The first-order valence-corrected chi connectivity index (χ1v) is 13.9. The molecule has 0 unspecified atom stereocenters. The van der Waals surface area contributed by atoms with Crippen molar-refractivity contribution < 1.29 is 23.8 Å². The second-order valence-corrected chi connectivity index (χ2v) is 10.6. The Labute approximate surface area is 249 Å². The van der Waals surface area contributed by atoms with Crippen molar-refractivity contribution in [3.05, 3.63) is 84.5 Å². The number of furan rings is 1. The van der Waals surface area contributed by atoms with Crippen molar-refractivity contribution in [1.82, 2.24) is 9.66 Å². The number of carboxylic acids is 1. The number of aliphatic carboxylic acids is 1. The largest absolute Gasteiger partial charge is 0.490 e. The summed E-state index contributed by atoms with van der Waals surface area (Å²) < 4.78 is 19.5. The van der Waals surface area contributed by atoms with E-state index in [4.69, 9.17) is 25.5 Å². The molecule has 0 aliphatic rings. The Hall–Kier alpha value is -3.67. The van der Waals surface area contributed by atoms with Gasteiger partial charge in [0.15, 0.2) is 23.4 Å². The molecule has 9 nitrogen and oxygen atoms in total. The highest BCUT2D eigenvalue weighted by atomic mass is 79.9. The van der Waals surface area contributed by atoms with Crippen LogP contribution >= 0.6 is 43.5 Å². The number of fused-ring (bicyclic) bond motifs is 2. The number of benzene rings is 3. The Morgan fingerprint density at radius 1 is 1.20 bits per heavy atom. The number of ether oxygens (including phenoxy) is 2. The van der Waals surface area contributed by atoms with Gasteiger partial charge in [-0.25, -0.2) is 9.78 Å². The third-order valence-electron chi connectivity index (χ3n) is 5.86. The number of carbonyl (C=O) groups is 1. The van der Waals surface area contributed by atoms with E-state index in [2.05, 4.69) is 41.9 Å². The fourth-order valence-corrected chi connectivity index (χ4v) is 5.03. The van der Waals surface area contributed by atoms with Crippen LogP contribution in [0.15, 0.2) is 77.9 Å². The van der Waals surface area contributed by atoms with E-state index in [9.17, 15) is 14.7 Å². The Morgan fingerprint density at radius 3 is 2.73 bits per heavy atom. The molecule has 0 saturated heterocycles. The van der Waals surface area contributed by atoms with Gasteiger partial charge in [-0.05, 0) is 88.2 Å². The topological polar surface area (TPSA) is 116 Å². The summed E-state index contributed by atoms with van der Waals surface area (Å²) in [6, 6.07) is 15.6. The first kappa shape index (κ1) is 27.9. The van der Waals surface area contributed by atoms with Crippen LogP contribution in [0.1, 0.15) is 19.4 Å². The van der Waals surface area contributed by atoms with Crippen molar-refractivity contribution in [2.45, 2.75) is 20.0 Å². The lowest BCUT2D eigenvalue weighted by Gasteiger charge is -2.18. The normalized spacial score (nSPS) is 12.3. The minimum absolute atomic E-state index is 0.197. The smallest absolute Gasteiger partial charge is 0.344 e. The number of nitrogens with zero attached hydrogens (tertiary/aromatic N) is 3. The zero-order valence-electron chi connectivity index (χ0n) is 21.0. The van der Waals surface area contributed by atoms with Gasteiger partial charge in [-0.1, -0.05) is 23.7 Å². The van der Waals surface area contributed by atoms with Gasteiger partial charge in [0.1, 0.15) is 5.58 Å². The molecule has 5 rings (SSSR count). The van der Waals surface area contributed by atoms with Crippen molar-refractivity contribution in [2.24, 2.45) is 5.10 Å². The lowest BCUT2D eigenvalue weighted by atomic mass is 10.2. The highest BCUT2D eigenvalue weighted by Gasteiger charge is 2.22. The predicted octanol–water partition coefficient (Wildman–Crippen LogP) is 7.12. The first-order chi connectivity index (χ1) is 19.2. The molecule has 1 atom stereocenters. The molecular weight excluding hydrogens is 670 g/mol. The minimum atomic E-state index is -1.13. The molecule has 0 saturated carbocycles. The molecule has 0 spiro atoms. The maximum atomic E-state index is 13.6. The molecule has 40 heavy (non-hydrogen) atoms. The molecule has 2 heterocycles. The number of aromatic nitrogens is 2. The number of rotatable bonds is 8. The van der Waals surface area contributed by atoms with Crippen LogP contribution in [0.4, 0.5) is 0 Å². The van der Waals surface area contributed by atoms with Gasteiger partial charge < -0.3 is 19.0 Å². The molecule has 0 aliphatic heterocycles. The lowest BCUT2D eigenvalue weighted by Crippen LogP contribution is -2.23. The Balaban J connectivity index is 1.67. The van der Waals surface area contributed by atoms with E-state index < -0.39 is 17.6 Å². The van der Waals surface area contributed by atoms with Gasteiger partial charge >= 0.3 is 5.97 Å². The number of para-hydroxylation sites is 1. The first-order valence-electron chi connectivity index (χ1n) is 12.0. The number of hydrogen-bond donors (Lipinski definition) is 1. The average molecular weight is 690 g/mol. The minimum Gasteiger partial charge on any atom is -0.490 e. The molecule has 0 fully saturated rings. The monoisotopic (exact) mass is 687 g/mol. The molecule has 0 amide bonds. The summed E-state index contributed by atoms with van der Waals surface area (Å²) in [5, 5.41) is 15.5. The van der Waals surface area contributed by atoms with Gasteiger partial charge in [-0.3, -0.25) is 4.79 Å². The van der Waals surface area contributed by atoms with Crippen LogP contribution in [0.3, 0.4) is 0 Å². The molecule has 5 aromatic rings. The molecule has 0 radical (unpaired) electrons. The van der Waals surface area contributed by atoms with E-state index in [1.165, 1.54) is 17.8 Å². The molecule has 3 aromatic carbocycles. The van der Waals surface area contributed by atoms with Crippen molar-refractivity contribution in [3.63, 3.8) is 0 Å². The third-order valence-corrected chi connectivity index (χ3v) is 8.24. The fraction of sp³-hybridized carbons (Fsp3) is 0.143. The van der Waals surface area contributed by atoms with E-state index in [1.807, 2.05) is 0 Å². The van der Waals surface area contributed by atoms with Crippen LogP contribution in [0, 0.1) is 0 Å². The van der Waals surface area contributed by atoms with Crippen molar-refractivity contribution in [2.75, 3.05) is 6.61 Å². The average Bonchev–Trinajstić information content (AvgIpc) is 3.35. The summed E-state index contributed by atoms with van der Waals surface area (Å²) in [6.07, 6.45) is 0.341. The van der Waals surface area contributed by atoms with Gasteiger partial charge in [-0.2, -0.15) is 9.78 Å². The van der Waals surface area contributed by atoms with Crippen LogP contribution in [-0.2, 0) is 4.79 Å². The predicted molar refractivity (Wildman–Crippen MR) is 160 cm³/mol. The summed E-state index contributed by atoms with van der Waals surface area (Å²) in [6.45, 7) is 3.51. The van der Waals surface area contributed by atoms with Gasteiger partial charge in [0.25, 0.3) is 5.56 Å². The number of halogens is 3. The second kappa shape index (κ2) is 11.4. The molecule has 1 N–H and O–H groups in total. The molecule has 204 valence electrons. The zero-order chi connectivity index (χ0) is 28.6. The van der Waals surface area contributed by atoms with Gasteiger partial charge in [-0.15, -0.1) is 0 Å². The van der Waals surface area contributed by atoms with Gasteiger partial charge in [0, 0.05) is 20.4 Å². The molecule has 12 heteroatoms. The second-order valence-electron chi connectivity index (χ2n) is 8.56. The SMILES string of the molecule is CCOc1cc(C=Nn2c(-c3cc4cc(Cl)ccc4o3)nc3ccccc3c2=O)c(Br)c(Br)c1O[C@H](C)C(=O)O. The van der Waals surface area contributed by atoms with Crippen molar-refractivity contribution in [1.29, 1.82) is 0 Å². The standard InChI is InChI=1S/C28H20Br2ClN3O6/c1-3-38-21-12-16(23(29)24(30)25(21)39-14(2)28(36)37)13-32-34-26(33-19-7-5-4-6-18(19)27(34)35)22-11-15-10-17(31)8-9-20(15)40-22/h4-14H,3H2,1-2H3,(H,36,37)/t14-/m1/s1. The maximum Gasteiger partial charge on any atom is 0.344 e. The van der Waals surface area contributed by atoms with Crippen LogP contribution < -0.4 is 15.0 Å². The maximum absolute atomic E-state index is 13.6. The summed E-state index contributed by atoms with van der Waals surface area (Å²) in [7, 11) is 0. The highest BCUT2D eigenvalue weighted by molar-refractivity contribution is 9.13. The van der Waals surface area contributed by atoms with E-state index in [0.29, 0.717) is 54.1 Å². The van der Waals surface area contributed by atoms with E-state index in [1.54, 1.807) is 61.5 Å².